The highest BCUT2D eigenvalue weighted by Gasteiger charge is 2.18. The van der Waals surface area contributed by atoms with Crippen LogP contribution in [0.4, 0.5) is 0 Å². The van der Waals surface area contributed by atoms with E-state index in [4.69, 9.17) is 5.11 Å². The van der Waals surface area contributed by atoms with Crippen LogP contribution in [-0.4, -0.2) is 36.0 Å². The first-order valence-corrected chi connectivity index (χ1v) is 8.46. The minimum absolute atomic E-state index is 0.0870. The van der Waals surface area contributed by atoms with Crippen LogP contribution in [0.15, 0.2) is 47.6 Å². The molecule has 0 saturated heterocycles. The zero-order chi connectivity index (χ0) is 17.0. The van der Waals surface area contributed by atoms with Crippen molar-refractivity contribution >= 4 is 21.6 Å². The van der Waals surface area contributed by atoms with Crippen LogP contribution in [0.5, 0.6) is 0 Å². The standard InChI is InChI=1S/C16H15NO5S/c1-11-2-4-14(5-3-11)23(21,22)7-6-15(18)12-8-13(16(19)20)10-17-9-12/h2-5,8-10H,6-7H2,1H3,(H,19,20). The number of ketones is 1. The van der Waals surface area contributed by atoms with E-state index >= 15 is 0 Å². The number of aryl methyl sites for hydroxylation is 1. The zero-order valence-electron chi connectivity index (χ0n) is 12.4. The summed E-state index contributed by atoms with van der Waals surface area (Å²) in [5.41, 5.74) is 0.915. The van der Waals surface area contributed by atoms with Crippen molar-refractivity contribution in [2.24, 2.45) is 0 Å². The molecule has 7 heteroatoms. The number of rotatable bonds is 6. The molecule has 23 heavy (non-hydrogen) atoms. The average molecular weight is 333 g/mol. The molecule has 0 amide bonds. The second kappa shape index (κ2) is 6.70. The number of hydrogen-bond donors (Lipinski definition) is 1. The molecule has 0 saturated carbocycles. The number of carbonyl (C=O) groups is 2. The molecule has 0 radical (unpaired) electrons. The second-order valence-corrected chi connectivity index (χ2v) is 7.18. The largest absolute Gasteiger partial charge is 0.478 e. The van der Waals surface area contributed by atoms with Crippen LogP contribution in [0.2, 0.25) is 0 Å². The van der Waals surface area contributed by atoms with Gasteiger partial charge < -0.3 is 5.11 Å². The summed E-state index contributed by atoms with van der Waals surface area (Å²) >= 11 is 0. The SMILES string of the molecule is Cc1ccc(S(=O)(=O)CCC(=O)c2cncc(C(=O)O)c2)cc1. The molecule has 0 unspecified atom stereocenters. The minimum Gasteiger partial charge on any atom is -0.478 e. The first-order valence-electron chi connectivity index (χ1n) is 6.80. The van der Waals surface area contributed by atoms with Gasteiger partial charge in [0.2, 0.25) is 0 Å². The Balaban J connectivity index is 2.10. The third-order valence-electron chi connectivity index (χ3n) is 3.29. The molecule has 120 valence electrons. The van der Waals surface area contributed by atoms with Crippen molar-refractivity contribution in [2.45, 2.75) is 18.2 Å². The quantitative estimate of drug-likeness (QED) is 0.813. The van der Waals surface area contributed by atoms with E-state index < -0.39 is 21.6 Å². The predicted molar refractivity (Wildman–Crippen MR) is 83.4 cm³/mol. The van der Waals surface area contributed by atoms with Crippen molar-refractivity contribution in [3.63, 3.8) is 0 Å². The molecule has 6 nitrogen and oxygen atoms in total. The molecule has 1 heterocycles. The number of aromatic nitrogens is 1. The molecule has 0 spiro atoms. The molecular weight excluding hydrogens is 318 g/mol. The fraction of sp³-hybridized carbons (Fsp3) is 0.188. The van der Waals surface area contributed by atoms with Gasteiger partial charge in [0.15, 0.2) is 15.6 Å². The average Bonchev–Trinajstić information content (AvgIpc) is 2.53. The Bertz CT molecular complexity index is 841. The topological polar surface area (TPSA) is 101 Å². The molecule has 0 aliphatic carbocycles. The summed E-state index contributed by atoms with van der Waals surface area (Å²) in [6.07, 6.45) is 2.12. The van der Waals surface area contributed by atoms with Gasteiger partial charge in [-0.1, -0.05) is 17.7 Å². The van der Waals surface area contributed by atoms with Gasteiger partial charge in [0.1, 0.15) is 0 Å². The number of pyridine rings is 1. The molecule has 0 aliphatic rings. The number of carbonyl (C=O) groups excluding carboxylic acids is 1. The van der Waals surface area contributed by atoms with Crippen LogP contribution in [0.1, 0.15) is 32.7 Å². The number of sulfone groups is 1. The van der Waals surface area contributed by atoms with Crippen molar-refractivity contribution in [1.82, 2.24) is 4.98 Å². The minimum atomic E-state index is -3.56. The van der Waals surface area contributed by atoms with Gasteiger partial charge >= 0.3 is 5.97 Å². The van der Waals surface area contributed by atoms with Crippen LogP contribution in [-0.2, 0) is 9.84 Å². The fourth-order valence-electron chi connectivity index (χ4n) is 1.94. The lowest BCUT2D eigenvalue weighted by atomic mass is 10.1. The molecule has 0 fully saturated rings. The van der Waals surface area contributed by atoms with Gasteiger partial charge in [-0.25, -0.2) is 13.2 Å². The maximum atomic E-state index is 12.2. The number of Topliss-reactive ketones (excluding diaryl/α,β-unsaturated/α-hetero) is 1. The van der Waals surface area contributed by atoms with E-state index in [1.165, 1.54) is 24.4 Å². The lowest BCUT2D eigenvalue weighted by molar-refractivity contribution is 0.0696. The summed E-state index contributed by atoms with van der Waals surface area (Å²) < 4.78 is 24.4. The number of benzene rings is 1. The summed E-state index contributed by atoms with van der Waals surface area (Å²) in [5.74, 6) is -2.00. The number of aromatic carboxylic acids is 1. The Morgan fingerprint density at radius 1 is 1.09 bits per heavy atom. The van der Waals surface area contributed by atoms with Crippen molar-refractivity contribution < 1.29 is 23.1 Å². The highest BCUT2D eigenvalue weighted by molar-refractivity contribution is 7.91. The van der Waals surface area contributed by atoms with Gasteiger partial charge in [-0.05, 0) is 25.1 Å². The van der Waals surface area contributed by atoms with Crippen molar-refractivity contribution in [3.8, 4) is 0 Å². The van der Waals surface area contributed by atoms with Crippen LogP contribution in [0.25, 0.3) is 0 Å². The van der Waals surface area contributed by atoms with E-state index in [0.717, 1.165) is 11.8 Å². The summed E-state index contributed by atoms with van der Waals surface area (Å²) in [6, 6.07) is 7.57. The monoisotopic (exact) mass is 333 g/mol. The maximum absolute atomic E-state index is 12.2. The predicted octanol–water partition coefficient (Wildman–Crippen LogP) is 2.13. The lowest BCUT2D eigenvalue weighted by Gasteiger charge is -2.05. The lowest BCUT2D eigenvalue weighted by Crippen LogP contribution is -2.12. The molecule has 0 aliphatic heterocycles. The van der Waals surface area contributed by atoms with Gasteiger partial charge in [0.05, 0.1) is 16.2 Å². The van der Waals surface area contributed by atoms with Crippen molar-refractivity contribution in [1.29, 1.82) is 0 Å². The Kier molecular flexibility index (Phi) is 4.90. The van der Waals surface area contributed by atoms with E-state index in [1.807, 2.05) is 6.92 Å². The van der Waals surface area contributed by atoms with Gasteiger partial charge in [0.25, 0.3) is 0 Å². The molecule has 0 bridgehead atoms. The number of nitrogens with zero attached hydrogens (tertiary/aromatic N) is 1. The fourth-order valence-corrected chi connectivity index (χ4v) is 3.18. The van der Waals surface area contributed by atoms with Crippen LogP contribution >= 0.6 is 0 Å². The smallest absolute Gasteiger partial charge is 0.337 e. The van der Waals surface area contributed by atoms with Crippen LogP contribution < -0.4 is 0 Å². The molecule has 1 aromatic heterocycles. The van der Waals surface area contributed by atoms with Gasteiger partial charge in [-0.2, -0.15) is 0 Å². The van der Waals surface area contributed by atoms with Crippen LogP contribution in [0, 0.1) is 6.92 Å². The molecule has 2 aromatic rings. The highest BCUT2D eigenvalue weighted by atomic mass is 32.2. The Hall–Kier alpha value is -2.54. The zero-order valence-corrected chi connectivity index (χ0v) is 13.2. The second-order valence-electron chi connectivity index (χ2n) is 5.07. The van der Waals surface area contributed by atoms with E-state index in [2.05, 4.69) is 4.98 Å². The Labute approximate surface area is 133 Å². The third-order valence-corrected chi connectivity index (χ3v) is 5.02. The molecular formula is C16H15NO5S. The van der Waals surface area contributed by atoms with Crippen molar-refractivity contribution in [3.05, 3.63) is 59.4 Å². The molecule has 1 N–H and O–H groups in total. The summed E-state index contributed by atoms with van der Waals surface area (Å²) in [6.45, 7) is 1.85. The van der Waals surface area contributed by atoms with E-state index in [0.29, 0.717) is 0 Å². The molecule has 1 aromatic carbocycles. The molecule has 2 rings (SSSR count). The number of hydrogen-bond acceptors (Lipinski definition) is 5. The maximum Gasteiger partial charge on any atom is 0.337 e. The number of carboxylic acids is 1. The Morgan fingerprint density at radius 3 is 2.30 bits per heavy atom. The van der Waals surface area contributed by atoms with E-state index in [9.17, 15) is 18.0 Å². The Morgan fingerprint density at radius 2 is 1.70 bits per heavy atom. The third kappa shape index (κ3) is 4.23. The first kappa shape index (κ1) is 16.8. The summed E-state index contributed by atoms with van der Waals surface area (Å²) in [7, 11) is -3.56. The normalized spacial score (nSPS) is 11.2. The summed E-state index contributed by atoms with van der Waals surface area (Å²) in [4.78, 5) is 26.8. The first-order chi connectivity index (χ1) is 10.8. The van der Waals surface area contributed by atoms with Gasteiger partial charge in [0, 0.05) is 24.4 Å². The van der Waals surface area contributed by atoms with E-state index in [-0.39, 0.29) is 28.2 Å². The van der Waals surface area contributed by atoms with Crippen molar-refractivity contribution in [2.75, 3.05) is 5.75 Å². The van der Waals surface area contributed by atoms with Gasteiger partial charge in [-0.3, -0.25) is 9.78 Å². The summed E-state index contributed by atoms with van der Waals surface area (Å²) in [5, 5.41) is 8.87. The van der Waals surface area contributed by atoms with Gasteiger partial charge in [-0.15, -0.1) is 0 Å². The molecule has 0 atom stereocenters. The van der Waals surface area contributed by atoms with Crippen LogP contribution in [0.3, 0.4) is 0 Å². The highest BCUT2D eigenvalue weighted by Crippen LogP contribution is 2.14. The number of carboxylic acid groups (broad SMARTS) is 1. The van der Waals surface area contributed by atoms with E-state index in [1.54, 1.807) is 12.1 Å².